The third kappa shape index (κ3) is 2.39. The average Bonchev–Trinajstić information content (AvgIpc) is 2.99. The molecule has 4 nitrogen and oxygen atoms in total. The molecule has 0 atom stereocenters. The maximum Gasteiger partial charge on any atom is 0.213 e. The van der Waals surface area contributed by atoms with Gasteiger partial charge in [-0.25, -0.2) is 4.98 Å². The molecule has 0 bridgehead atoms. The van der Waals surface area contributed by atoms with Gasteiger partial charge in [0.15, 0.2) is 5.82 Å². The first kappa shape index (κ1) is 11.3. The van der Waals surface area contributed by atoms with Crippen molar-refractivity contribution in [2.24, 2.45) is 0 Å². The summed E-state index contributed by atoms with van der Waals surface area (Å²) in [6.07, 6.45) is 2.67. The zero-order valence-electron chi connectivity index (χ0n) is 9.38. The molecule has 0 spiro atoms. The summed E-state index contributed by atoms with van der Waals surface area (Å²) in [4.78, 5) is 9.58. The number of hydrogen-bond acceptors (Lipinski definition) is 4. The summed E-state index contributed by atoms with van der Waals surface area (Å²) < 4.78 is 0.461. The van der Waals surface area contributed by atoms with Crippen LogP contribution in [0.15, 0.2) is 36.5 Å². The molecule has 0 aliphatic carbocycles. The number of nitrogens with one attached hydrogen (secondary N) is 2. The fourth-order valence-electron chi connectivity index (χ4n) is 1.66. The van der Waals surface area contributed by atoms with Crippen LogP contribution < -0.4 is 0 Å². The minimum atomic E-state index is 0.461. The van der Waals surface area contributed by atoms with E-state index in [1.807, 2.05) is 24.4 Å². The molecule has 0 radical (unpaired) electrons. The highest BCUT2D eigenvalue weighted by atomic mass is 32.1. The molecule has 90 valence electrons. The lowest BCUT2D eigenvalue weighted by Gasteiger charge is -1.95. The van der Waals surface area contributed by atoms with E-state index in [1.165, 1.54) is 5.56 Å². The molecule has 6 heteroatoms. The molecule has 2 N–H and O–H groups in total. The normalized spacial score (nSPS) is 10.7. The van der Waals surface area contributed by atoms with Crippen molar-refractivity contribution < 1.29 is 0 Å². The number of rotatable bonds is 3. The first-order valence-corrected chi connectivity index (χ1v) is 6.67. The van der Waals surface area contributed by atoms with Gasteiger partial charge in [-0.2, -0.15) is 4.98 Å². The average molecular weight is 274 g/mol. The monoisotopic (exact) mass is 274 g/mol. The van der Waals surface area contributed by atoms with Crippen molar-refractivity contribution in [3.05, 3.63) is 51.9 Å². The van der Waals surface area contributed by atoms with Gasteiger partial charge in [0, 0.05) is 12.6 Å². The summed E-state index contributed by atoms with van der Waals surface area (Å²) in [5, 5.41) is 6.78. The Bertz CT molecular complexity index is 696. The van der Waals surface area contributed by atoms with E-state index in [1.54, 1.807) is 11.3 Å². The van der Waals surface area contributed by atoms with E-state index in [0.29, 0.717) is 4.77 Å². The van der Waals surface area contributed by atoms with E-state index in [-0.39, 0.29) is 0 Å². The molecular formula is C12H10N4S2. The summed E-state index contributed by atoms with van der Waals surface area (Å²) in [7, 11) is 0. The van der Waals surface area contributed by atoms with Crippen LogP contribution in [0.1, 0.15) is 10.6 Å². The minimum Gasteiger partial charge on any atom is -0.281 e. The van der Waals surface area contributed by atoms with Gasteiger partial charge in [0.05, 0.1) is 9.88 Å². The Balaban J connectivity index is 1.84. The van der Waals surface area contributed by atoms with Crippen molar-refractivity contribution in [3.8, 4) is 10.7 Å². The summed E-state index contributed by atoms with van der Waals surface area (Å²) in [6, 6.07) is 10.3. The van der Waals surface area contributed by atoms with Crippen LogP contribution in [0, 0.1) is 4.77 Å². The van der Waals surface area contributed by atoms with E-state index in [0.717, 1.165) is 22.1 Å². The molecule has 0 saturated carbocycles. The van der Waals surface area contributed by atoms with Crippen LogP contribution in [-0.2, 0) is 6.42 Å². The van der Waals surface area contributed by atoms with E-state index in [2.05, 4.69) is 32.3 Å². The largest absolute Gasteiger partial charge is 0.281 e. The van der Waals surface area contributed by atoms with Crippen LogP contribution in [0.2, 0.25) is 0 Å². The summed E-state index contributed by atoms with van der Waals surface area (Å²) >= 11 is 6.55. The fraction of sp³-hybridized carbons (Fsp3) is 0.0833. The quantitative estimate of drug-likeness (QED) is 0.721. The Morgan fingerprint density at radius 3 is 2.72 bits per heavy atom. The van der Waals surface area contributed by atoms with Crippen LogP contribution in [0.3, 0.4) is 0 Å². The predicted molar refractivity (Wildman–Crippen MR) is 74.1 cm³/mol. The van der Waals surface area contributed by atoms with Crippen molar-refractivity contribution in [1.82, 2.24) is 20.2 Å². The first-order chi connectivity index (χ1) is 8.81. The number of H-pyrrole nitrogens is 2. The molecule has 3 aromatic rings. The lowest BCUT2D eigenvalue weighted by atomic mass is 10.2. The Kier molecular flexibility index (Phi) is 3.04. The second-order valence-electron chi connectivity index (χ2n) is 3.80. The smallest absolute Gasteiger partial charge is 0.213 e. The second-order valence-corrected chi connectivity index (χ2v) is 5.30. The Labute approximate surface area is 113 Å². The molecule has 0 aliphatic rings. The molecule has 3 rings (SSSR count). The molecule has 2 aromatic heterocycles. The topological polar surface area (TPSA) is 57.4 Å². The van der Waals surface area contributed by atoms with Crippen molar-refractivity contribution in [2.45, 2.75) is 6.42 Å². The van der Waals surface area contributed by atoms with E-state index >= 15 is 0 Å². The number of aromatic amines is 2. The van der Waals surface area contributed by atoms with E-state index in [9.17, 15) is 0 Å². The third-order valence-corrected chi connectivity index (χ3v) is 3.68. The van der Waals surface area contributed by atoms with E-state index < -0.39 is 0 Å². The standard InChI is InChI=1S/C12H10N4S2/c17-12-14-11(15-16-12)9-7-13-10(18-9)6-8-4-2-1-3-5-8/h1-5,7H,6H2,(H2,14,15,16,17). The van der Waals surface area contributed by atoms with Gasteiger partial charge in [0.2, 0.25) is 4.77 Å². The molecule has 0 aliphatic heterocycles. The van der Waals surface area contributed by atoms with Crippen molar-refractivity contribution in [3.63, 3.8) is 0 Å². The molecule has 18 heavy (non-hydrogen) atoms. The SMILES string of the molecule is S=c1nc(-c2cnc(Cc3ccccc3)s2)[nH][nH]1. The Hall–Kier alpha value is -1.79. The van der Waals surface area contributed by atoms with Gasteiger partial charge in [-0.05, 0) is 17.8 Å². The minimum absolute atomic E-state index is 0.461. The van der Waals surface area contributed by atoms with Gasteiger partial charge in [-0.15, -0.1) is 11.3 Å². The molecule has 0 fully saturated rings. The highest BCUT2D eigenvalue weighted by molar-refractivity contribution is 7.71. The molecule has 0 amide bonds. The number of thiazole rings is 1. The zero-order valence-corrected chi connectivity index (χ0v) is 11.0. The van der Waals surface area contributed by atoms with Gasteiger partial charge in [0.1, 0.15) is 0 Å². The van der Waals surface area contributed by atoms with Gasteiger partial charge in [-0.3, -0.25) is 10.2 Å². The van der Waals surface area contributed by atoms with Crippen molar-refractivity contribution >= 4 is 23.6 Å². The number of aromatic nitrogens is 4. The lowest BCUT2D eigenvalue weighted by molar-refractivity contribution is 1.08. The van der Waals surface area contributed by atoms with Gasteiger partial charge < -0.3 is 0 Å². The van der Waals surface area contributed by atoms with Crippen LogP contribution in [0.4, 0.5) is 0 Å². The number of hydrogen-bond donors (Lipinski definition) is 2. The van der Waals surface area contributed by atoms with Crippen LogP contribution in [-0.4, -0.2) is 20.2 Å². The van der Waals surface area contributed by atoms with Gasteiger partial charge in [0.25, 0.3) is 0 Å². The molecular weight excluding hydrogens is 264 g/mol. The van der Waals surface area contributed by atoms with Gasteiger partial charge >= 0.3 is 0 Å². The lowest BCUT2D eigenvalue weighted by Crippen LogP contribution is -1.84. The molecule has 1 aromatic carbocycles. The van der Waals surface area contributed by atoms with Crippen molar-refractivity contribution in [2.75, 3.05) is 0 Å². The van der Waals surface area contributed by atoms with Crippen molar-refractivity contribution in [1.29, 1.82) is 0 Å². The highest BCUT2D eigenvalue weighted by Crippen LogP contribution is 2.24. The summed E-state index contributed by atoms with van der Waals surface area (Å²) in [5.41, 5.74) is 1.26. The number of benzene rings is 1. The second kappa shape index (κ2) is 4.83. The molecule has 0 unspecified atom stereocenters. The Morgan fingerprint density at radius 2 is 2.00 bits per heavy atom. The summed E-state index contributed by atoms with van der Waals surface area (Å²) in [5.74, 6) is 0.747. The molecule has 0 saturated heterocycles. The van der Waals surface area contributed by atoms with Crippen LogP contribution >= 0.6 is 23.6 Å². The van der Waals surface area contributed by atoms with Crippen LogP contribution in [0.5, 0.6) is 0 Å². The highest BCUT2D eigenvalue weighted by Gasteiger charge is 2.07. The summed E-state index contributed by atoms with van der Waals surface area (Å²) in [6.45, 7) is 0. The first-order valence-electron chi connectivity index (χ1n) is 5.45. The fourth-order valence-corrected chi connectivity index (χ4v) is 2.70. The predicted octanol–water partition coefficient (Wildman–Crippen LogP) is 3.18. The number of nitrogens with zero attached hydrogens (tertiary/aromatic N) is 2. The zero-order chi connectivity index (χ0) is 12.4. The Morgan fingerprint density at radius 1 is 1.17 bits per heavy atom. The van der Waals surface area contributed by atoms with Gasteiger partial charge in [-0.1, -0.05) is 30.3 Å². The maximum atomic E-state index is 4.93. The maximum absolute atomic E-state index is 4.93. The van der Waals surface area contributed by atoms with E-state index in [4.69, 9.17) is 12.2 Å². The third-order valence-electron chi connectivity index (χ3n) is 2.49. The van der Waals surface area contributed by atoms with Crippen LogP contribution in [0.25, 0.3) is 10.7 Å². The molecule has 2 heterocycles.